The van der Waals surface area contributed by atoms with Crippen molar-refractivity contribution in [1.29, 1.82) is 0 Å². The number of nitrogens with two attached hydrogens (primary N) is 1. The summed E-state index contributed by atoms with van der Waals surface area (Å²) in [6.07, 6.45) is 4.25. The fourth-order valence-corrected chi connectivity index (χ4v) is 3.38. The Kier molecular flexibility index (Phi) is 3.68. The van der Waals surface area contributed by atoms with Crippen LogP contribution in [0.3, 0.4) is 0 Å². The number of carbonyl (C=O) groups excluding carboxylic acids is 1. The molecule has 1 unspecified atom stereocenters. The molecular weight excluding hydrogens is 238 g/mol. The minimum absolute atomic E-state index is 0.161. The smallest absolute Gasteiger partial charge is 0.248 e. The van der Waals surface area contributed by atoms with E-state index < -0.39 is 11.5 Å². The number of primary amides is 1. The van der Waals surface area contributed by atoms with Crippen molar-refractivity contribution in [3.63, 3.8) is 0 Å². The van der Waals surface area contributed by atoms with Crippen molar-refractivity contribution in [3.8, 4) is 0 Å². The van der Waals surface area contributed by atoms with Gasteiger partial charge in [-0.1, -0.05) is 38.5 Å². The van der Waals surface area contributed by atoms with Crippen LogP contribution in [0.25, 0.3) is 0 Å². The van der Waals surface area contributed by atoms with Gasteiger partial charge in [-0.15, -0.1) is 0 Å². The molecule has 1 fully saturated rings. The number of amides is 1. The lowest BCUT2D eigenvalue weighted by Gasteiger charge is -2.42. The second kappa shape index (κ2) is 4.97. The van der Waals surface area contributed by atoms with Gasteiger partial charge >= 0.3 is 0 Å². The molecule has 0 spiro atoms. The molecule has 1 aliphatic carbocycles. The average Bonchev–Trinajstić information content (AvgIpc) is 2.26. The van der Waals surface area contributed by atoms with E-state index in [2.05, 4.69) is 13.8 Å². The Morgan fingerprint density at radius 1 is 1.32 bits per heavy atom. The number of rotatable bonds is 3. The minimum atomic E-state index is -0.715. The number of hydrogen-bond acceptors (Lipinski definition) is 2. The molecule has 0 aliphatic heterocycles. The molecule has 0 bridgehead atoms. The highest BCUT2D eigenvalue weighted by Gasteiger charge is 2.38. The molecule has 1 atom stereocenters. The summed E-state index contributed by atoms with van der Waals surface area (Å²) in [5, 5.41) is 10.8. The van der Waals surface area contributed by atoms with Crippen molar-refractivity contribution >= 4 is 5.91 Å². The molecule has 1 aliphatic rings. The van der Waals surface area contributed by atoms with Crippen LogP contribution in [0.4, 0.5) is 0 Å². The van der Waals surface area contributed by atoms with E-state index in [1.165, 1.54) is 0 Å². The Bertz CT molecular complexity index is 481. The molecule has 0 saturated heterocycles. The van der Waals surface area contributed by atoms with Gasteiger partial charge in [0.2, 0.25) is 5.91 Å². The first-order valence-corrected chi connectivity index (χ1v) is 6.92. The Morgan fingerprint density at radius 2 is 2.00 bits per heavy atom. The second-order valence-corrected chi connectivity index (χ2v) is 6.62. The zero-order valence-electron chi connectivity index (χ0n) is 11.8. The van der Waals surface area contributed by atoms with Crippen molar-refractivity contribution in [2.45, 2.75) is 51.6 Å². The predicted molar refractivity (Wildman–Crippen MR) is 75.9 cm³/mol. The first kappa shape index (κ1) is 14.1. The summed E-state index contributed by atoms with van der Waals surface area (Å²) in [5.74, 6) is -0.422. The third-order valence-electron chi connectivity index (χ3n) is 4.11. The molecule has 3 N–H and O–H groups in total. The van der Waals surface area contributed by atoms with Gasteiger partial charge in [0.15, 0.2) is 0 Å². The van der Waals surface area contributed by atoms with E-state index in [9.17, 15) is 9.90 Å². The molecule has 0 radical (unpaired) electrons. The average molecular weight is 261 g/mol. The second-order valence-electron chi connectivity index (χ2n) is 6.62. The minimum Gasteiger partial charge on any atom is -0.390 e. The topological polar surface area (TPSA) is 63.3 Å². The summed E-state index contributed by atoms with van der Waals surface area (Å²) in [7, 11) is 0. The van der Waals surface area contributed by atoms with Crippen molar-refractivity contribution < 1.29 is 9.90 Å². The predicted octanol–water partition coefficient (Wildman–Crippen LogP) is 2.66. The summed E-state index contributed by atoms with van der Waals surface area (Å²) in [5.41, 5.74) is 6.23. The third kappa shape index (κ3) is 3.35. The summed E-state index contributed by atoms with van der Waals surface area (Å²) < 4.78 is 0. The van der Waals surface area contributed by atoms with Crippen LogP contribution in [0, 0.1) is 5.41 Å². The first-order valence-electron chi connectivity index (χ1n) is 6.92. The van der Waals surface area contributed by atoms with Crippen LogP contribution in [-0.4, -0.2) is 16.6 Å². The Balaban J connectivity index is 2.23. The molecular formula is C16H23NO2. The van der Waals surface area contributed by atoms with Gasteiger partial charge in [0.25, 0.3) is 0 Å². The number of aliphatic hydroxyl groups is 1. The highest BCUT2D eigenvalue weighted by molar-refractivity contribution is 5.94. The van der Waals surface area contributed by atoms with E-state index in [1.807, 2.05) is 12.1 Å². The van der Waals surface area contributed by atoms with E-state index >= 15 is 0 Å². The monoisotopic (exact) mass is 261 g/mol. The standard InChI is InChI=1S/C16H23NO2/c1-15(2)8-5-9-16(19,11-15)10-12-6-3-4-7-13(12)14(17)18/h3-4,6-7,19H,5,8-11H2,1-2H3,(H2,17,18). The molecule has 1 saturated carbocycles. The van der Waals surface area contributed by atoms with Gasteiger partial charge in [-0.25, -0.2) is 0 Å². The van der Waals surface area contributed by atoms with Gasteiger partial charge in [0, 0.05) is 12.0 Å². The first-order chi connectivity index (χ1) is 8.81. The molecule has 0 heterocycles. The number of carbonyl (C=O) groups is 1. The van der Waals surface area contributed by atoms with Gasteiger partial charge < -0.3 is 10.8 Å². The van der Waals surface area contributed by atoms with Gasteiger partial charge in [-0.3, -0.25) is 4.79 Å². The van der Waals surface area contributed by atoms with Gasteiger partial charge in [-0.2, -0.15) is 0 Å². The molecule has 1 aromatic carbocycles. The van der Waals surface area contributed by atoms with Gasteiger partial charge in [-0.05, 0) is 36.3 Å². The van der Waals surface area contributed by atoms with Crippen LogP contribution in [0.2, 0.25) is 0 Å². The fraction of sp³-hybridized carbons (Fsp3) is 0.562. The van der Waals surface area contributed by atoms with Crippen LogP contribution >= 0.6 is 0 Å². The molecule has 104 valence electrons. The largest absolute Gasteiger partial charge is 0.390 e. The maximum Gasteiger partial charge on any atom is 0.248 e. The molecule has 0 aromatic heterocycles. The number of benzene rings is 1. The fourth-order valence-electron chi connectivity index (χ4n) is 3.38. The summed E-state index contributed by atoms with van der Waals surface area (Å²) in [4.78, 5) is 11.4. The number of hydrogen-bond donors (Lipinski definition) is 2. The van der Waals surface area contributed by atoms with E-state index in [4.69, 9.17) is 5.73 Å². The maximum atomic E-state index is 11.4. The van der Waals surface area contributed by atoms with Crippen molar-refractivity contribution in [1.82, 2.24) is 0 Å². The lowest BCUT2D eigenvalue weighted by Crippen LogP contribution is -2.41. The zero-order chi connectivity index (χ0) is 14.1. The SMILES string of the molecule is CC1(C)CCCC(O)(Cc2ccccc2C(N)=O)C1. The lowest BCUT2D eigenvalue weighted by molar-refractivity contribution is -0.0382. The summed E-state index contributed by atoms with van der Waals surface area (Å²) in [6, 6.07) is 7.31. The third-order valence-corrected chi connectivity index (χ3v) is 4.11. The van der Waals surface area contributed by atoms with E-state index in [0.29, 0.717) is 12.0 Å². The lowest BCUT2D eigenvalue weighted by atomic mass is 9.68. The van der Waals surface area contributed by atoms with Crippen LogP contribution in [0.1, 0.15) is 55.5 Å². The summed E-state index contributed by atoms with van der Waals surface area (Å²) >= 11 is 0. The Hall–Kier alpha value is -1.35. The molecule has 2 rings (SSSR count). The highest BCUT2D eigenvalue weighted by atomic mass is 16.3. The normalized spacial score (nSPS) is 26.1. The highest BCUT2D eigenvalue weighted by Crippen LogP contribution is 2.42. The molecule has 3 nitrogen and oxygen atoms in total. The molecule has 3 heteroatoms. The summed E-state index contributed by atoms with van der Waals surface area (Å²) in [6.45, 7) is 4.38. The Morgan fingerprint density at radius 3 is 2.63 bits per heavy atom. The van der Waals surface area contributed by atoms with Crippen LogP contribution in [-0.2, 0) is 6.42 Å². The quantitative estimate of drug-likeness (QED) is 0.878. The van der Waals surface area contributed by atoms with E-state index in [0.717, 1.165) is 31.2 Å². The van der Waals surface area contributed by atoms with Crippen molar-refractivity contribution in [2.75, 3.05) is 0 Å². The van der Waals surface area contributed by atoms with Crippen molar-refractivity contribution in [2.24, 2.45) is 11.1 Å². The van der Waals surface area contributed by atoms with Crippen LogP contribution in [0.15, 0.2) is 24.3 Å². The van der Waals surface area contributed by atoms with E-state index in [1.54, 1.807) is 12.1 Å². The van der Waals surface area contributed by atoms with Crippen LogP contribution < -0.4 is 5.73 Å². The van der Waals surface area contributed by atoms with Gasteiger partial charge in [0.1, 0.15) is 0 Å². The zero-order valence-corrected chi connectivity index (χ0v) is 11.8. The van der Waals surface area contributed by atoms with E-state index in [-0.39, 0.29) is 5.41 Å². The molecule has 1 aromatic rings. The molecule has 19 heavy (non-hydrogen) atoms. The maximum absolute atomic E-state index is 11.4. The van der Waals surface area contributed by atoms with Gasteiger partial charge in [0.05, 0.1) is 5.60 Å². The molecule has 1 amide bonds. The van der Waals surface area contributed by atoms with Crippen molar-refractivity contribution in [3.05, 3.63) is 35.4 Å². The van der Waals surface area contributed by atoms with Crippen LogP contribution in [0.5, 0.6) is 0 Å². The Labute approximate surface area is 114 Å².